The molecule has 1 aliphatic heterocycles. The minimum absolute atomic E-state index is 0.243. The van der Waals surface area contributed by atoms with E-state index in [4.69, 9.17) is 11.6 Å². The first-order chi connectivity index (χ1) is 9.50. The van der Waals surface area contributed by atoms with Crippen molar-refractivity contribution in [2.75, 3.05) is 38.2 Å². The third kappa shape index (κ3) is 4.45. The molecule has 4 nitrogen and oxygen atoms in total. The maximum absolute atomic E-state index is 11.4. The van der Waals surface area contributed by atoms with Gasteiger partial charge in [-0.05, 0) is 31.2 Å². The zero-order valence-corrected chi connectivity index (χ0v) is 13.3. The van der Waals surface area contributed by atoms with Gasteiger partial charge in [0.1, 0.15) is 0 Å². The third-order valence-electron chi connectivity index (χ3n) is 3.77. The lowest BCUT2D eigenvalue weighted by Gasteiger charge is -2.28. The number of hydrogen-bond donors (Lipinski definition) is 1. The zero-order chi connectivity index (χ0) is 14.6. The standard InChI is InChI=1S/C14H21ClN2O2S/c1-16-14(12-3-2-4-13(15)11-12)5-6-17-7-9-20(18,19)10-8-17/h2-4,11,14,16H,5-10H2,1H3. The van der Waals surface area contributed by atoms with Crippen LogP contribution in [0.4, 0.5) is 0 Å². The molecule has 0 spiro atoms. The van der Waals surface area contributed by atoms with E-state index in [1.807, 2.05) is 25.2 Å². The molecule has 1 atom stereocenters. The monoisotopic (exact) mass is 316 g/mol. The molecule has 0 aliphatic carbocycles. The molecule has 112 valence electrons. The van der Waals surface area contributed by atoms with Crippen molar-refractivity contribution in [3.63, 3.8) is 0 Å². The van der Waals surface area contributed by atoms with Crippen molar-refractivity contribution in [2.45, 2.75) is 12.5 Å². The number of hydrogen-bond acceptors (Lipinski definition) is 4. The van der Waals surface area contributed by atoms with Crippen LogP contribution in [0.3, 0.4) is 0 Å². The van der Waals surface area contributed by atoms with E-state index in [0.29, 0.717) is 13.1 Å². The summed E-state index contributed by atoms with van der Waals surface area (Å²) in [6, 6.07) is 8.10. The minimum Gasteiger partial charge on any atom is -0.313 e. The highest BCUT2D eigenvalue weighted by atomic mass is 35.5. The first-order valence-electron chi connectivity index (χ1n) is 6.86. The van der Waals surface area contributed by atoms with Gasteiger partial charge in [0.25, 0.3) is 0 Å². The number of halogens is 1. The van der Waals surface area contributed by atoms with Crippen molar-refractivity contribution in [3.05, 3.63) is 34.9 Å². The van der Waals surface area contributed by atoms with Crippen LogP contribution in [-0.4, -0.2) is 51.5 Å². The van der Waals surface area contributed by atoms with Crippen LogP contribution in [-0.2, 0) is 9.84 Å². The summed E-state index contributed by atoms with van der Waals surface area (Å²) in [5.74, 6) is 0.572. The number of nitrogens with one attached hydrogen (secondary N) is 1. The van der Waals surface area contributed by atoms with Crippen LogP contribution < -0.4 is 5.32 Å². The van der Waals surface area contributed by atoms with Gasteiger partial charge in [-0.25, -0.2) is 8.42 Å². The normalized spacial score (nSPS) is 20.7. The highest BCUT2D eigenvalue weighted by Crippen LogP contribution is 2.20. The molecule has 0 aromatic heterocycles. The Morgan fingerprint density at radius 3 is 2.65 bits per heavy atom. The Balaban J connectivity index is 1.89. The van der Waals surface area contributed by atoms with Gasteiger partial charge in [0, 0.05) is 30.7 Å². The van der Waals surface area contributed by atoms with Gasteiger partial charge < -0.3 is 10.2 Å². The second-order valence-corrected chi connectivity index (χ2v) is 7.92. The number of rotatable bonds is 5. The molecule has 1 aromatic rings. The Morgan fingerprint density at radius 2 is 2.05 bits per heavy atom. The van der Waals surface area contributed by atoms with E-state index in [1.54, 1.807) is 0 Å². The van der Waals surface area contributed by atoms with E-state index in [1.165, 1.54) is 5.56 Å². The largest absolute Gasteiger partial charge is 0.313 e. The number of sulfone groups is 1. The smallest absolute Gasteiger partial charge is 0.152 e. The summed E-state index contributed by atoms with van der Waals surface area (Å²) in [7, 11) is -0.856. The van der Waals surface area contributed by atoms with Gasteiger partial charge >= 0.3 is 0 Å². The first-order valence-corrected chi connectivity index (χ1v) is 9.05. The molecule has 1 N–H and O–H groups in total. The highest BCUT2D eigenvalue weighted by Gasteiger charge is 2.22. The lowest BCUT2D eigenvalue weighted by molar-refractivity contribution is 0.278. The lowest BCUT2D eigenvalue weighted by atomic mass is 10.0. The van der Waals surface area contributed by atoms with Gasteiger partial charge in [-0.1, -0.05) is 23.7 Å². The van der Waals surface area contributed by atoms with Crippen LogP contribution in [0.2, 0.25) is 5.02 Å². The maximum Gasteiger partial charge on any atom is 0.152 e. The van der Waals surface area contributed by atoms with E-state index < -0.39 is 9.84 Å². The Labute approximate surface area is 126 Å². The average molecular weight is 317 g/mol. The number of benzene rings is 1. The van der Waals surface area contributed by atoms with Gasteiger partial charge in [-0.3, -0.25) is 0 Å². The molecule has 0 saturated carbocycles. The van der Waals surface area contributed by atoms with Crippen molar-refractivity contribution in [1.29, 1.82) is 0 Å². The first kappa shape index (κ1) is 15.8. The molecule has 6 heteroatoms. The second kappa shape index (κ2) is 6.89. The molecule has 1 aromatic carbocycles. The van der Waals surface area contributed by atoms with Gasteiger partial charge in [0.2, 0.25) is 0 Å². The molecule has 1 aliphatic rings. The molecule has 1 unspecified atom stereocenters. The fourth-order valence-electron chi connectivity index (χ4n) is 2.49. The molecular weight excluding hydrogens is 296 g/mol. The molecule has 1 saturated heterocycles. The summed E-state index contributed by atoms with van der Waals surface area (Å²) in [5.41, 5.74) is 1.17. The topological polar surface area (TPSA) is 49.4 Å². The van der Waals surface area contributed by atoms with Crippen LogP contribution in [0.5, 0.6) is 0 Å². The van der Waals surface area contributed by atoms with Crippen LogP contribution in [0, 0.1) is 0 Å². The minimum atomic E-state index is -2.79. The van der Waals surface area contributed by atoms with Gasteiger partial charge in [-0.2, -0.15) is 0 Å². The van der Waals surface area contributed by atoms with Crippen molar-refractivity contribution in [1.82, 2.24) is 10.2 Å². The SMILES string of the molecule is CNC(CCN1CCS(=O)(=O)CC1)c1cccc(Cl)c1. The quantitative estimate of drug-likeness (QED) is 0.898. The number of nitrogens with zero attached hydrogens (tertiary/aromatic N) is 1. The maximum atomic E-state index is 11.4. The fourth-order valence-corrected chi connectivity index (χ4v) is 3.96. The van der Waals surface area contributed by atoms with Crippen LogP contribution in [0.25, 0.3) is 0 Å². The molecule has 2 rings (SSSR count). The Kier molecular flexibility index (Phi) is 5.43. The molecule has 0 radical (unpaired) electrons. The average Bonchev–Trinajstić information content (AvgIpc) is 2.41. The summed E-state index contributed by atoms with van der Waals surface area (Å²) in [6.07, 6.45) is 0.941. The summed E-state index contributed by atoms with van der Waals surface area (Å²) in [5, 5.41) is 4.04. The van der Waals surface area contributed by atoms with Gasteiger partial charge in [0.15, 0.2) is 9.84 Å². The molecule has 1 fully saturated rings. The zero-order valence-electron chi connectivity index (χ0n) is 11.7. The Hall–Kier alpha value is -0.620. The van der Waals surface area contributed by atoms with E-state index in [0.717, 1.165) is 18.0 Å². The molecule has 0 bridgehead atoms. The van der Waals surface area contributed by atoms with Crippen LogP contribution in [0.1, 0.15) is 18.0 Å². The second-order valence-electron chi connectivity index (χ2n) is 5.18. The summed E-state index contributed by atoms with van der Waals surface area (Å²) in [4.78, 5) is 2.22. The Morgan fingerprint density at radius 1 is 1.35 bits per heavy atom. The highest BCUT2D eigenvalue weighted by molar-refractivity contribution is 7.91. The van der Waals surface area contributed by atoms with Crippen LogP contribution >= 0.6 is 11.6 Å². The molecular formula is C14H21ClN2O2S. The van der Waals surface area contributed by atoms with Crippen molar-refractivity contribution in [2.24, 2.45) is 0 Å². The van der Waals surface area contributed by atoms with Gasteiger partial charge in [0.05, 0.1) is 11.5 Å². The van der Waals surface area contributed by atoms with Crippen molar-refractivity contribution < 1.29 is 8.42 Å². The predicted octanol–water partition coefficient (Wildman–Crippen LogP) is 1.72. The summed E-state index contributed by atoms with van der Waals surface area (Å²) in [6.45, 7) is 2.19. The molecule has 1 heterocycles. The van der Waals surface area contributed by atoms with E-state index in [9.17, 15) is 8.42 Å². The fraction of sp³-hybridized carbons (Fsp3) is 0.571. The Bertz CT molecular complexity index is 534. The molecule has 0 amide bonds. The van der Waals surface area contributed by atoms with E-state index >= 15 is 0 Å². The molecule has 20 heavy (non-hydrogen) atoms. The van der Waals surface area contributed by atoms with E-state index in [2.05, 4.69) is 16.3 Å². The van der Waals surface area contributed by atoms with Gasteiger partial charge in [-0.15, -0.1) is 0 Å². The van der Waals surface area contributed by atoms with Crippen molar-refractivity contribution in [3.8, 4) is 0 Å². The summed E-state index contributed by atoms with van der Waals surface area (Å²) < 4.78 is 22.8. The third-order valence-corrected chi connectivity index (χ3v) is 5.61. The lowest BCUT2D eigenvalue weighted by Crippen LogP contribution is -2.41. The summed E-state index contributed by atoms with van der Waals surface area (Å²) >= 11 is 6.02. The van der Waals surface area contributed by atoms with Crippen LogP contribution in [0.15, 0.2) is 24.3 Å². The van der Waals surface area contributed by atoms with E-state index in [-0.39, 0.29) is 17.5 Å². The predicted molar refractivity (Wildman–Crippen MR) is 83.0 cm³/mol. The van der Waals surface area contributed by atoms with Crippen molar-refractivity contribution >= 4 is 21.4 Å².